The summed E-state index contributed by atoms with van der Waals surface area (Å²) in [6.45, 7) is 0.0580. The Balaban J connectivity index is 1.97. The summed E-state index contributed by atoms with van der Waals surface area (Å²) in [6, 6.07) is 0.335. The van der Waals surface area contributed by atoms with Crippen molar-refractivity contribution in [3.63, 3.8) is 0 Å². The Bertz CT molecular complexity index is 872. The number of H-pyrrole nitrogens is 1. The standard InChI is InChI=1S/C14H11F4N3O2/c1-20-9-5-21(3-2-6(9)13(22)19-20)14(23)7-4-8(15)11(17)12(18)10(7)16/h4H,2-3,5H2,1H3,(H,19,22). The molecule has 1 aliphatic rings. The normalized spacial score (nSPS) is 14.0. The highest BCUT2D eigenvalue weighted by Crippen LogP contribution is 2.23. The summed E-state index contributed by atoms with van der Waals surface area (Å²) < 4.78 is 54.7. The van der Waals surface area contributed by atoms with Gasteiger partial charge in [-0.05, 0) is 12.5 Å². The lowest BCUT2D eigenvalue weighted by Gasteiger charge is -2.27. The molecule has 5 nitrogen and oxygen atoms in total. The Hall–Kier alpha value is -2.58. The fourth-order valence-electron chi connectivity index (χ4n) is 2.66. The van der Waals surface area contributed by atoms with Gasteiger partial charge in [0.1, 0.15) is 0 Å². The molecule has 2 aromatic rings. The van der Waals surface area contributed by atoms with Crippen LogP contribution in [0.4, 0.5) is 17.6 Å². The molecule has 0 unspecified atom stereocenters. The van der Waals surface area contributed by atoms with Crippen molar-refractivity contribution in [2.45, 2.75) is 13.0 Å². The largest absolute Gasteiger partial charge is 0.332 e. The Kier molecular flexibility index (Phi) is 3.50. The van der Waals surface area contributed by atoms with Crippen LogP contribution in [-0.2, 0) is 20.0 Å². The fraction of sp³-hybridized carbons (Fsp3) is 0.286. The molecule has 0 aliphatic carbocycles. The molecule has 1 aromatic heterocycles. The molecule has 9 heteroatoms. The van der Waals surface area contributed by atoms with E-state index in [1.807, 2.05) is 0 Å². The van der Waals surface area contributed by atoms with Gasteiger partial charge in [-0.3, -0.25) is 19.4 Å². The number of fused-ring (bicyclic) bond motifs is 1. The molecule has 1 aliphatic heterocycles. The lowest BCUT2D eigenvalue weighted by Crippen LogP contribution is -2.38. The van der Waals surface area contributed by atoms with Crippen LogP contribution in [0.3, 0.4) is 0 Å². The number of rotatable bonds is 1. The van der Waals surface area contributed by atoms with Crippen molar-refractivity contribution in [2.75, 3.05) is 6.54 Å². The van der Waals surface area contributed by atoms with Crippen LogP contribution in [0.2, 0.25) is 0 Å². The molecule has 1 aromatic carbocycles. The van der Waals surface area contributed by atoms with Crippen LogP contribution in [0.25, 0.3) is 0 Å². The number of hydrogen-bond acceptors (Lipinski definition) is 2. The van der Waals surface area contributed by atoms with Gasteiger partial charge in [-0.1, -0.05) is 0 Å². The summed E-state index contributed by atoms with van der Waals surface area (Å²) in [6.07, 6.45) is 0.227. The highest BCUT2D eigenvalue weighted by atomic mass is 19.2. The van der Waals surface area contributed by atoms with E-state index in [1.54, 1.807) is 7.05 Å². The van der Waals surface area contributed by atoms with Crippen molar-refractivity contribution in [3.8, 4) is 0 Å². The number of carbonyl (C=O) groups excluding carboxylic acids is 1. The lowest BCUT2D eigenvalue weighted by atomic mass is 10.1. The predicted octanol–water partition coefficient (Wildman–Crippen LogP) is 1.47. The van der Waals surface area contributed by atoms with Crippen LogP contribution in [-0.4, -0.2) is 27.1 Å². The second-order valence-electron chi connectivity index (χ2n) is 5.25. The highest BCUT2D eigenvalue weighted by molar-refractivity contribution is 5.94. The number of carbonyl (C=O) groups is 1. The summed E-state index contributed by atoms with van der Waals surface area (Å²) in [5, 5.41) is 2.53. The third kappa shape index (κ3) is 2.32. The van der Waals surface area contributed by atoms with Gasteiger partial charge in [0.25, 0.3) is 11.5 Å². The second kappa shape index (κ2) is 5.25. The molecule has 2 heterocycles. The number of halogens is 4. The van der Waals surface area contributed by atoms with Crippen molar-refractivity contribution in [1.82, 2.24) is 14.7 Å². The number of aromatic amines is 1. The zero-order chi connectivity index (χ0) is 16.9. The maximum absolute atomic E-state index is 13.7. The minimum absolute atomic E-state index is 0.0243. The molecule has 23 heavy (non-hydrogen) atoms. The van der Waals surface area contributed by atoms with Crippen molar-refractivity contribution in [2.24, 2.45) is 7.05 Å². The van der Waals surface area contributed by atoms with E-state index < -0.39 is 34.7 Å². The average Bonchev–Trinajstić information content (AvgIpc) is 2.82. The summed E-state index contributed by atoms with van der Waals surface area (Å²) in [5.74, 6) is -8.34. The molecule has 0 radical (unpaired) electrons. The minimum Gasteiger partial charge on any atom is -0.332 e. The van der Waals surface area contributed by atoms with E-state index in [4.69, 9.17) is 0 Å². The zero-order valence-corrected chi connectivity index (χ0v) is 11.9. The van der Waals surface area contributed by atoms with Gasteiger partial charge >= 0.3 is 0 Å². The van der Waals surface area contributed by atoms with Crippen molar-refractivity contribution in [1.29, 1.82) is 0 Å². The third-order valence-corrected chi connectivity index (χ3v) is 3.89. The van der Waals surface area contributed by atoms with Gasteiger partial charge in [0.05, 0.1) is 17.8 Å². The quantitative estimate of drug-likeness (QED) is 0.489. The smallest absolute Gasteiger partial charge is 0.267 e. The predicted molar refractivity (Wildman–Crippen MR) is 70.8 cm³/mol. The van der Waals surface area contributed by atoms with E-state index in [0.29, 0.717) is 17.3 Å². The summed E-state index contributed by atoms with van der Waals surface area (Å²) >= 11 is 0. The molecule has 0 saturated carbocycles. The first-order valence-electron chi connectivity index (χ1n) is 6.70. The molecule has 1 amide bonds. The molecule has 3 rings (SSSR count). The Morgan fingerprint density at radius 3 is 2.57 bits per heavy atom. The number of benzene rings is 1. The first-order chi connectivity index (χ1) is 10.8. The molecule has 0 saturated heterocycles. The highest BCUT2D eigenvalue weighted by Gasteiger charge is 2.30. The monoisotopic (exact) mass is 329 g/mol. The van der Waals surface area contributed by atoms with Gasteiger partial charge in [0, 0.05) is 19.2 Å². The minimum atomic E-state index is -2.03. The number of nitrogens with one attached hydrogen (secondary N) is 1. The SMILES string of the molecule is Cn1[nH]c(=O)c2c1CN(C(=O)c1cc(F)c(F)c(F)c1F)CC2. The van der Waals surface area contributed by atoms with Gasteiger partial charge in [-0.2, -0.15) is 0 Å². The number of amides is 1. The first kappa shape index (κ1) is 15.3. The topological polar surface area (TPSA) is 58.1 Å². The zero-order valence-electron chi connectivity index (χ0n) is 11.9. The molecule has 0 fully saturated rings. The Morgan fingerprint density at radius 1 is 1.17 bits per heavy atom. The molecule has 122 valence electrons. The molecular formula is C14H11F4N3O2. The van der Waals surface area contributed by atoms with E-state index in [2.05, 4.69) is 5.10 Å². The van der Waals surface area contributed by atoms with Crippen LogP contribution in [0.5, 0.6) is 0 Å². The van der Waals surface area contributed by atoms with E-state index in [-0.39, 0.29) is 25.1 Å². The summed E-state index contributed by atoms with van der Waals surface area (Å²) in [7, 11) is 1.58. The van der Waals surface area contributed by atoms with E-state index in [1.165, 1.54) is 4.68 Å². The first-order valence-corrected chi connectivity index (χ1v) is 6.70. The average molecular weight is 329 g/mol. The van der Waals surface area contributed by atoms with Crippen LogP contribution in [0.1, 0.15) is 21.6 Å². The van der Waals surface area contributed by atoms with Crippen LogP contribution < -0.4 is 5.56 Å². The van der Waals surface area contributed by atoms with E-state index in [0.717, 1.165) is 4.90 Å². The van der Waals surface area contributed by atoms with Crippen molar-refractivity contribution in [3.05, 3.63) is 56.5 Å². The van der Waals surface area contributed by atoms with Crippen LogP contribution in [0.15, 0.2) is 10.9 Å². The van der Waals surface area contributed by atoms with E-state index >= 15 is 0 Å². The number of nitrogens with zero attached hydrogens (tertiary/aromatic N) is 2. The van der Waals surface area contributed by atoms with Crippen molar-refractivity contribution >= 4 is 5.91 Å². The van der Waals surface area contributed by atoms with Gasteiger partial charge < -0.3 is 4.90 Å². The van der Waals surface area contributed by atoms with Gasteiger partial charge in [-0.25, -0.2) is 17.6 Å². The maximum atomic E-state index is 13.7. The molecule has 1 N–H and O–H groups in total. The van der Waals surface area contributed by atoms with Gasteiger partial charge in [0.15, 0.2) is 23.3 Å². The molecular weight excluding hydrogens is 318 g/mol. The number of aryl methyl sites for hydroxylation is 1. The second-order valence-corrected chi connectivity index (χ2v) is 5.25. The molecule has 0 atom stereocenters. The van der Waals surface area contributed by atoms with Crippen LogP contribution >= 0.6 is 0 Å². The van der Waals surface area contributed by atoms with Gasteiger partial charge in [-0.15, -0.1) is 0 Å². The van der Waals surface area contributed by atoms with Gasteiger partial charge in [0.2, 0.25) is 0 Å². The lowest BCUT2D eigenvalue weighted by molar-refractivity contribution is 0.0723. The van der Waals surface area contributed by atoms with Crippen LogP contribution in [0, 0.1) is 23.3 Å². The number of hydrogen-bond donors (Lipinski definition) is 1. The molecule has 0 bridgehead atoms. The maximum Gasteiger partial charge on any atom is 0.267 e. The third-order valence-electron chi connectivity index (χ3n) is 3.89. The summed E-state index contributed by atoms with van der Waals surface area (Å²) in [5.41, 5.74) is -0.128. The van der Waals surface area contributed by atoms with E-state index in [9.17, 15) is 27.2 Å². The Labute approximate surface area is 127 Å². The molecule has 0 spiro atoms. The summed E-state index contributed by atoms with van der Waals surface area (Å²) in [4.78, 5) is 25.1. The fourth-order valence-corrected chi connectivity index (χ4v) is 2.66. The Morgan fingerprint density at radius 2 is 1.87 bits per heavy atom. The van der Waals surface area contributed by atoms with Crippen molar-refractivity contribution < 1.29 is 22.4 Å². The number of aromatic nitrogens is 2.